The van der Waals surface area contributed by atoms with E-state index in [2.05, 4.69) is 0 Å². The highest BCUT2D eigenvalue weighted by atomic mass is 16.5. The van der Waals surface area contributed by atoms with Crippen LogP contribution in [-0.4, -0.2) is 48.2 Å². The van der Waals surface area contributed by atoms with Crippen LogP contribution >= 0.6 is 0 Å². The minimum absolute atomic E-state index is 0.142. The molecule has 2 atom stereocenters. The van der Waals surface area contributed by atoms with E-state index >= 15 is 0 Å². The fourth-order valence-corrected chi connectivity index (χ4v) is 1.35. The molecule has 0 aromatic rings. The molecule has 0 aromatic carbocycles. The number of carbonyl (C=O) groups is 2. The number of carbonyl (C=O) groups excluding carboxylic acids is 1. The molecular formula is C7H11NO4. The third-order valence-electron chi connectivity index (χ3n) is 2.04. The Morgan fingerprint density at radius 3 is 2.75 bits per heavy atom. The van der Waals surface area contributed by atoms with Crippen molar-refractivity contribution in [1.82, 2.24) is 4.90 Å². The third kappa shape index (κ3) is 1.55. The molecule has 5 heteroatoms. The first-order valence-corrected chi connectivity index (χ1v) is 3.66. The summed E-state index contributed by atoms with van der Waals surface area (Å²) >= 11 is 0. The van der Waals surface area contributed by atoms with Gasteiger partial charge >= 0.3 is 6.09 Å². The fourth-order valence-electron chi connectivity index (χ4n) is 1.35. The van der Waals surface area contributed by atoms with Crippen LogP contribution in [0.4, 0.5) is 4.79 Å². The van der Waals surface area contributed by atoms with E-state index < -0.39 is 12.1 Å². The molecule has 1 saturated heterocycles. The first-order chi connectivity index (χ1) is 5.69. The molecule has 68 valence electrons. The lowest BCUT2D eigenvalue weighted by Gasteiger charge is -2.14. The Bertz CT molecular complexity index is 194. The summed E-state index contributed by atoms with van der Waals surface area (Å²) in [5, 5.41) is 8.64. The van der Waals surface area contributed by atoms with Crippen molar-refractivity contribution in [3.05, 3.63) is 0 Å². The van der Waals surface area contributed by atoms with Crippen LogP contribution in [0.3, 0.4) is 0 Å². The van der Waals surface area contributed by atoms with Gasteiger partial charge in [-0.1, -0.05) is 0 Å². The van der Waals surface area contributed by atoms with E-state index in [9.17, 15) is 9.59 Å². The summed E-state index contributed by atoms with van der Waals surface area (Å²) in [6.45, 7) is 0.287. The smallest absolute Gasteiger partial charge is 0.407 e. The zero-order valence-electron chi connectivity index (χ0n) is 6.77. The summed E-state index contributed by atoms with van der Waals surface area (Å²) in [4.78, 5) is 22.1. The van der Waals surface area contributed by atoms with Crippen molar-refractivity contribution in [2.45, 2.75) is 18.6 Å². The summed E-state index contributed by atoms with van der Waals surface area (Å²) in [7, 11) is 1.51. The molecule has 1 aliphatic rings. The molecule has 0 bridgehead atoms. The number of carboxylic acid groups (broad SMARTS) is 1. The molecule has 1 heterocycles. The van der Waals surface area contributed by atoms with E-state index in [0.29, 0.717) is 12.7 Å². The van der Waals surface area contributed by atoms with E-state index in [0.717, 1.165) is 4.90 Å². The average molecular weight is 173 g/mol. The zero-order valence-corrected chi connectivity index (χ0v) is 6.77. The summed E-state index contributed by atoms with van der Waals surface area (Å²) < 4.78 is 4.96. The highest BCUT2D eigenvalue weighted by Gasteiger charge is 2.34. The predicted molar refractivity (Wildman–Crippen MR) is 40.0 cm³/mol. The van der Waals surface area contributed by atoms with E-state index in [4.69, 9.17) is 9.84 Å². The average Bonchev–Trinajstić information content (AvgIpc) is 2.47. The SMILES string of the molecule is CO[C@H]1C[C@H](C=O)N(C(=O)O)C1. The van der Waals surface area contributed by atoms with E-state index in [1.807, 2.05) is 0 Å². The molecule has 0 unspecified atom stereocenters. The monoisotopic (exact) mass is 173 g/mol. The Kier molecular flexibility index (Phi) is 2.65. The quantitative estimate of drug-likeness (QED) is 0.594. The van der Waals surface area contributed by atoms with Gasteiger partial charge in [-0.05, 0) is 0 Å². The Balaban J connectivity index is 2.62. The molecule has 12 heavy (non-hydrogen) atoms. The van der Waals surface area contributed by atoms with Crippen LogP contribution in [0.2, 0.25) is 0 Å². The molecular weight excluding hydrogens is 162 g/mol. The molecule has 1 aliphatic heterocycles. The van der Waals surface area contributed by atoms with Gasteiger partial charge in [0.1, 0.15) is 6.29 Å². The lowest BCUT2D eigenvalue weighted by molar-refractivity contribution is -0.111. The summed E-state index contributed by atoms with van der Waals surface area (Å²) in [5.41, 5.74) is 0. The van der Waals surface area contributed by atoms with Gasteiger partial charge in [0.05, 0.1) is 18.7 Å². The number of ether oxygens (including phenoxy) is 1. The molecule has 0 aromatic heterocycles. The first-order valence-electron chi connectivity index (χ1n) is 3.66. The minimum Gasteiger partial charge on any atom is -0.465 e. The molecule has 1 amide bonds. The Morgan fingerprint density at radius 1 is 1.75 bits per heavy atom. The Morgan fingerprint density at radius 2 is 2.42 bits per heavy atom. The second-order valence-corrected chi connectivity index (χ2v) is 2.73. The topological polar surface area (TPSA) is 66.8 Å². The van der Waals surface area contributed by atoms with Crippen LogP contribution in [-0.2, 0) is 9.53 Å². The number of methoxy groups -OCH3 is 1. The van der Waals surface area contributed by atoms with E-state index in [1.165, 1.54) is 7.11 Å². The lowest BCUT2D eigenvalue weighted by atomic mass is 10.2. The molecule has 1 rings (SSSR count). The van der Waals surface area contributed by atoms with Crippen molar-refractivity contribution in [3.63, 3.8) is 0 Å². The number of hydrogen-bond acceptors (Lipinski definition) is 3. The second-order valence-electron chi connectivity index (χ2n) is 2.73. The number of aldehydes is 1. The standard InChI is InChI=1S/C7H11NO4/c1-12-6-2-5(4-9)8(3-6)7(10)11/h4-6H,2-3H2,1H3,(H,10,11)/t5-,6+/m1/s1. The van der Waals surface area contributed by atoms with Crippen LogP contribution in [0.25, 0.3) is 0 Å². The Labute approximate surface area is 69.9 Å². The first kappa shape index (κ1) is 8.99. The van der Waals surface area contributed by atoms with Crippen molar-refractivity contribution >= 4 is 12.4 Å². The molecule has 0 aliphatic carbocycles. The number of nitrogens with zero attached hydrogens (tertiary/aromatic N) is 1. The van der Waals surface area contributed by atoms with Gasteiger partial charge in [0.25, 0.3) is 0 Å². The van der Waals surface area contributed by atoms with Crippen LogP contribution in [0.15, 0.2) is 0 Å². The maximum Gasteiger partial charge on any atom is 0.407 e. The van der Waals surface area contributed by atoms with Crippen molar-refractivity contribution in [2.24, 2.45) is 0 Å². The maximum atomic E-state index is 10.5. The highest BCUT2D eigenvalue weighted by molar-refractivity contribution is 5.72. The van der Waals surface area contributed by atoms with Gasteiger partial charge in [-0.3, -0.25) is 4.90 Å². The fraction of sp³-hybridized carbons (Fsp3) is 0.714. The molecule has 0 radical (unpaired) electrons. The molecule has 0 spiro atoms. The highest BCUT2D eigenvalue weighted by Crippen LogP contribution is 2.18. The number of hydrogen-bond donors (Lipinski definition) is 1. The number of rotatable bonds is 2. The number of amides is 1. The van der Waals surface area contributed by atoms with Crippen molar-refractivity contribution < 1.29 is 19.4 Å². The van der Waals surface area contributed by atoms with Gasteiger partial charge in [-0.15, -0.1) is 0 Å². The maximum absolute atomic E-state index is 10.5. The van der Waals surface area contributed by atoms with Crippen LogP contribution in [0, 0.1) is 0 Å². The summed E-state index contributed by atoms with van der Waals surface area (Å²) in [6, 6.07) is -0.535. The lowest BCUT2D eigenvalue weighted by Crippen LogP contribution is -2.35. The van der Waals surface area contributed by atoms with Gasteiger partial charge in [-0.2, -0.15) is 0 Å². The van der Waals surface area contributed by atoms with Crippen LogP contribution in [0.1, 0.15) is 6.42 Å². The van der Waals surface area contributed by atoms with Crippen LogP contribution < -0.4 is 0 Å². The van der Waals surface area contributed by atoms with Crippen molar-refractivity contribution in [1.29, 1.82) is 0 Å². The van der Waals surface area contributed by atoms with Gasteiger partial charge < -0.3 is 14.6 Å². The molecule has 5 nitrogen and oxygen atoms in total. The minimum atomic E-state index is -1.06. The van der Waals surface area contributed by atoms with Crippen molar-refractivity contribution in [3.8, 4) is 0 Å². The number of likely N-dealkylation sites (tertiary alicyclic amines) is 1. The second kappa shape index (κ2) is 3.53. The molecule has 0 saturated carbocycles. The van der Waals surface area contributed by atoms with Gasteiger partial charge in [0.15, 0.2) is 0 Å². The van der Waals surface area contributed by atoms with Gasteiger partial charge in [-0.25, -0.2) is 4.79 Å². The van der Waals surface area contributed by atoms with Gasteiger partial charge in [0, 0.05) is 13.5 Å². The molecule has 1 N–H and O–H groups in total. The zero-order chi connectivity index (χ0) is 9.14. The summed E-state index contributed by atoms with van der Waals surface area (Å²) in [5.74, 6) is 0. The Hall–Kier alpha value is -1.10. The predicted octanol–water partition coefficient (Wildman–Crippen LogP) is -0.0474. The van der Waals surface area contributed by atoms with E-state index in [-0.39, 0.29) is 12.6 Å². The largest absolute Gasteiger partial charge is 0.465 e. The third-order valence-corrected chi connectivity index (χ3v) is 2.04. The van der Waals surface area contributed by atoms with Crippen molar-refractivity contribution in [2.75, 3.05) is 13.7 Å². The van der Waals surface area contributed by atoms with E-state index in [1.54, 1.807) is 0 Å². The molecule has 1 fully saturated rings. The summed E-state index contributed by atoms with van der Waals surface area (Å²) in [6.07, 6.45) is -0.0950. The van der Waals surface area contributed by atoms with Gasteiger partial charge in [0.2, 0.25) is 0 Å². The normalized spacial score (nSPS) is 28.9. The van der Waals surface area contributed by atoms with Crippen LogP contribution in [0.5, 0.6) is 0 Å².